The number of rotatable bonds is 6. The quantitative estimate of drug-likeness (QED) is 0.616. The van der Waals surface area contributed by atoms with E-state index >= 15 is 0 Å². The fourth-order valence-electron chi connectivity index (χ4n) is 1.57. The van der Waals surface area contributed by atoms with Crippen molar-refractivity contribution >= 4 is 0 Å². The molecule has 2 N–H and O–H groups in total. The van der Waals surface area contributed by atoms with Gasteiger partial charge in [-0.2, -0.15) is 0 Å². The zero-order valence-electron chi connectivity index (χ0n) is 8.31. The molecule has 0 atom stereocenters. The number of likely N-dealkylation sites (tertiary alicyclic amines) is 1. The molecule has 5 heteroatoms. The van der Waals surface area contributed by atoms with Crippen molar-refractivity contribution in [3.05, 3.63) is 0 Å². The topological polar surface area (TPSA) is 35.5 Å². The van der Waals surface area contributed by atoms with Gasteiger partial charge < -0.3 is 15.3 Å². The molecule has 1 aliphatic rings. The number of halogens is 2. The molecule has 0 bridgehead atoms. The first-order chi connectivity index (χ1) is 6.64. The SMILES string of the molecule is OCC(F)(F)CNCCN1CCCC1. The predicted molar refractivity (Wildman–Crippen MR) is 50.6 cm³/mol. The monoisotopic (exact) mass is 208 g/mol. The largest absolute Gasteiger partial charge is 0.390 e. The van der Waals surface area contributed by atoms with E-state index in [0.717, 1.165) is 19.6 Å². The normalized spacial score (nSPS) is 19.1. The van der Waals surface area contributed by atoms with E-state index in [-0.39, 0.29) is 0 Å². The van der Waals surface area contributed by atoms with Crippen LogP contribution >= 0.6 is 0 Å². The molecule has 1 saturated heterocycles. The molecule has 3 nitrogen and oxygen atoms in total. The van der Waals surface area contributed by atoms with Gasteiger partial charge in [0.2, 0.25) is 0 Å². The Morgan fingerprint density at radius 3 is 2.50 bits per heavy atom. The number of nitrogens with one attached hydrogen (secondary N) is 1. The lowest BCUT2D eigenvalue weighted by atomic mass is 10.3. The molecular weight excluding hydrogens is 190 g/mol. The molecule has 1 rings (SSSR count). The second-order valence-corrected chi connectivity index (χ2v) is 3.74. The third kappa shape index (κ3) is 4.30. The lowest BCUT2D eigenvalue weighted by Crippen LogP contribution is -2.39. The number of nitrogens with zero attached hydrogens (tertiary/aromatic N) is 1. The summed E-state index contributed by atoms with van der Waals surface area (Å²) in [4.78, 5) is 2.25. The average Bonchev–Trinajstić information content (AvgIpc) is 2.65. The summed E-state index contributed by atoms with van der Waals surface area (Å²) in [7, 11) is 0. The van der Waals surface area contributed by atoms with E-state index in [2.05, 4.69) is 10.2 Å². The maximum atomic E-state index is 12.5. The summed E-state index contributed by atoms with van der Waals surface area (Å²) in [5, 5.41) is 11.0. The van der Waals surface area contributed by atoms with Gasteiger partial charge in [-0.25, -0.2) is 8.78 Å². The summed E-state index contributed by atoms with van der Waals surface area (Å²) in [5.74, 6) is -2.98. The van der Waals surface area contributed by atoms with Gasteiger partial charge in [0.05, 0.1) is 6.54 Å². The molecule has 0 unspecified atom stereocenters. The first-order valence-electron chi connectivity index (χ1n) is 5.06. The van der Waals surface area contributed by atoms with Gasteiger partial charge in [0.15, 0.2) is 0 Å². The van der Waals surface area contributed by atoms with Gasteiger partial charge in [-0.05, 0) is 25.9 Å². The Hall–Kier alpha value is -0.260. The summed E-state index contributed by atoms with van der Waals surface area (Å²) in [6.07, 6.45) is 2.43. The van der Waals surface area contributed by atoms with Crippen molar-refractivity contribution in [1.82, 2.24) is 10.2 Å². The first kappa shape index (κ1) is 11.8. The third-order valence-electron chi connectivity index (χ3n) is 2.42. The van der Waals surface area contributed by atoms with Crippen LogP contribution in [0.4, 0.5) is 8.78 Å². The van der Waals surface area contributed by atoms with Crippen LogP contribution in [0, 0.1) is 0 Å². The van der Waals surface area contributed by atoms with E-state index in [1.807, 2.05) is 0 Å². The van der Waals surface area contributed by atoms with Crippen molar-refractivity contribution in [2.24, 2.45) is 0 Å². The molecule has 0 saturated carbocycles. The van der Waals surface area contributed by atoms with Gasteiger partial charge in [-0.3, -0.25) is 0 Å². The van der Waals surface area contributed by atoms with E-state index in [4.69, 9.17) is 5.11 Å². The van der Waals surface area contributed by atoms with Crippen molar-refractivity contribution in [1.29, 1.82) is 0 Å². The Labute approximate surface area is 83.1 Å². The Morgan fingerprint density at radius 2 is 1.93 bits per heavy atom. The van der Waals surface area contributed by atoms with Gasteiger partial charge in [0, 0.05) is 13.1 Å². The molecule has 0 aromatic rings. The zero-order valence-corrected chi connectivity index (χ0v) is 8.31. The van der Waals surface area contributed by atoms with E-state index in [9.17, 15) is 8.78 Å². The second kappa shape index (κ2) is 5.58. The number of hydrogen-bond donors (Lipinski definition) is 2. The molecule has 1 aliphatic heterocycles. The van der Waals surface area contributed by atoms with Crippen LogP contribution in [0.25, 0.3) is 0 Å². The maximum Gasteiger partial charge on any atom is 0.282 e. The molecule has 84 valence electrons. The highest BCUT2D eigenvalue weighted by molar-refractivity contribution is 4.70. The molecule has 1 heterocycles. The van der Waals surface area contributed by atoms with Crippen LogP contribution in [0.2, 0.25) is 0 Å². The van der Waals surface area contributed by atoms with Gasteiger partial charge in [-0.1, -0.05) is 0 Å². The van der Waals surface area contributed by atoms with Gasteiger partial charge in [0.25, 0.3) is 5.92 Å². The van der Waals surface area contributed by atoms with Crippen molar-refractivity contribution in [3.8, 4) is 0 Å². The van der Waals surface area contributed by atoms with Crippen molar-refractivity contribution in [3.63, 3.8) is 0 Å². The van der Waals surface area contributed by atoms with E-state index in [0.29, 0.717) is 6.54 Å². The van der Waals surface area contributed by atoms with Crippen molar-refractivity contribution < 1.29 is 13.9 Å². The number of aliphatic hydroxyl groups is 1. The van der Waals surface area contributed by atoms with Gasteiger partial charge >= 0.3 is 0 Å². The Balaban J connectivity index is 1.98. The average molecular weight is 208 g/mol. The third-order valence-corrected chi connectivity index (χ3v) is 2.42. The minimum Gasteiger partial charge on any atom is -0.390 e. The minimum atomic E-state index is -2.98. The fraction of sp³-hybridized carbons (Fsp3) is 1.00. The van der Waals surface area contributed by atoms with Crippen molar-refractivity contribution in [2.45, 2.75) is 18.8 Å². The summed E-state index contributed by atoms with van der Waals surface area (Å²) in [6.45, 7) is 2.04. The Bertz CT molecular complexity index is 161. The van der Waals surface area contributed by atoms with Crippen molar-refractivity contribution in [2.75, 3.05) is 39.3 Å². The molecule has 0 amide bonds. The zero-order chi connectivity index (χ0) is 10.4. The molecule has 0 aromatic heterocycles. The predicted octanol–water partition coefficient (Wildman–Crippen LogP) is 0.299. The second-order valence-electron chi connectivity index (χ2n) is 3.74. The Morgan fingerprint density at radius 1 is 1.29 bits per heavy atom. The lowest BCUT2D eigenvalue weighted by molar-refractivity contribution is -0.0475. The van der Waals surface area contributed by atoms with Crippen LogP contribution in [0.3, 0.4) is 0 Å². The van der Waals surface area contributed by atoms with E-state index in [1.54, 1.807) is 0 Å². The first-order valence-corrected chi connectivity index (χ1v) is 5.06. The summed E-state index contributed by atoms with van der Waals surface area (Å²) in [5.41, 5.74) is 0. The summed E-state index contributed by atoms with van der Waals surface area (Å²) >= 11 is 0. The van der Waals surface area contributed by atoms with Crippen LogP contribution in [0.1, 0.15) is 12.8 Å². The van der Waals surface area contributed by atoms with Gasteiger partial charge in [-0.15, -0.1) is 0 Å². The summed E-state index contributed by atoms with van der Waals surface area (Å²) in [6, 6.07) is 0. The number of hydrogen-bond acceptors (Lipinski definition) is 3. The minimum absolute atomic E-state index is 0.433. The highest BCUT2D eigenvalue weighted by Gasteiger charge is 2.26. The van der Waals surface area contributed by atoms with E-state index < -0.39 is 19.1 Å². The highest BCUT2D eigenvalue weighted by atomic mass is 19.3. The standard InChI is InChI=1S/C9H18F2N2O/c10-9(11,8-14)7-12-3-6-13-4-1-2-5-13/h12,14H,1-8H2. The summed E-state index contributed by atoms with van der Waals surface area (Å²) < 4.78 is 25.1. The van der Waals surface area contributed by atoms with E-state index in [1.165, 1.54) is 12.8 Å². The molecule has 0 radical (unpaired) electrons. The van der Waals surface area contributed by atoms with Crippen LogP contribution < -0.4 is 5.32 Å². The maximum absolute atomic E-state index is 12.5. The van der Waals surface area contributed by atoms with Crippen LogP contribution in [0.15, 0.2) is 0 Å². The number of aliphatic hydroxyl groups excluding tert-OH is 1. The smallest absolute Gasteiger partial charge is 0.282 e. The molecule has 1 fully saturated rings. The molecule has 0 aromatic carbocycles. The highest BCUT2D eigenvalue weighted by Crippen LogP contribution is 2.09. The molecule has 0 aliphatic carbocycles. The van der Waals surface area contributed by atoms with Crippen LogP contribution in [0.5, 0.6) is 0 Å². The van der Waals surface area contributed by atoms with Crippen LogP contribution in [-0.2, 0) is 0 Å². The molecular formula is C9H18F2N2O. The van der Waals surface area contributed by atoms with Gasteiger partial charge in [0.1, 0.15) is 6.61 Å². The number of alkyl halides is 2. The fourth-order valence-corrected chi connectivity index (χ4v) is 1.57. The van der Waals surface area contributed by atoms with Crippen LogP contribution in [-0.4, -0.2) is 55.3 Å². The molecule has 14 heavy (non-hydrogen) atoms. The molecule has 0 spiro atoms. The Kier molecular flexibility index (Phi) is 4.71. The lowest BCUT2D eigenvalue weighted by Gasteiger charge is -2.17.